The van der Waals surface area contributed by atoms with Crippen LogP contribution in [0.3, 0.4) is 0 Å². The van der Waals surface area contributed by atoms with Crippen LogP contribution < -0.4 is 0 Å². The van der Waals surface area contributed by atoms with Gasteiger partial charge in [-0.15, -0.1) is 0 Å². The predicted molar refractivity (Wildman–Crippen MR) is 155 cm³/mol. The maximum atomic E-state index is 4.65. The van der Waals surface area contributed by atoms with Crippen LogP contribution in [-0.4, -0.2) is 9.97 Å². The minimum atomic E-state index is -1.21. The Labute approximate surface area is 240 Å². The van der Waals surface area contributed by atoms with Crippen molar-refractivity contribution in [3.05, 3.63) is 167 Å². The molecule has 0 radical (unpaired) electrons. The summed E-state index contributed by atoms with van der Waals surface area (Å²) < 4.78 is 3.19. The molecule has 4 aromatic rings. The molecule has 0 bridgehead atoms. The number of pyridine rings is 2. The monoisotopic (exact) mass is 574 g/mol. The van der Waals surface area contributed by atoms with Crippen molar-refractivity contribution in [2.45, 2.75) is 11.8 Å². The van der Waals surface area contributed by atoms with Crippen LogP contribution in [0.4, 0.5) is 0 Å². The first-order valence-electron chi connectivity index (χ1n) is 13.4. The third kappa shape index (κ3) is 3.79. The zero-order valence-electron chi connectivity index (χ0n) is 21.3. The second kappa shape index (κ2) is 9.36. The fraction of sp³-hybridized carbons (Fsp3) is 0.0556. The topological polar surface area (TPSA) is 25.8 Å². The molecule has 2 aromatic carbocycles. The van der Waals surface area contributed by atoms with E-state index < -0.39 is 23.2 Å². The molecule has 2 nitrogen and oxygen atoms in total. The average molecular weight is 576 g/mol. The van der Waals surface area contributed by atoms with E-state index in [9.17, 15) is 0 Å². The molecule has 0 saturated carbocycles. The Morgan fingerprint density at radius 3 is 1.51 bits per heavy atom. The molecule has 2 atom stereocenters. The molecular formula is C36H24N2Zr. The van der Waals surface area contributed by atoms with Crippen LogP contribution in [0.25, 0.3) is 29.1 Å². The van der Waals surface area contributed by atoms with E-state index in [2.05, 4.69) is 119 Å². The van der Waals surface area contributed by atoms with Gasteiger partial charge in [0.05, 0.1) is 0 Å². The van der Waals surface area contributed by atoms with E-state index in [-0.39, 0.29) is 0 Å². The van der Waals surface area contributed by atoms with Crippen molar-refractivity contribution in [1.82, 2.24) is 9.97 Å². The summed E-state index contributed by atoms with van der Waals surface area (Å²) in [5, 5.41) is 0. The number of nitrogens with zero attached hydrogens (tertiary/aromatic N) is 2. The van der Waals surface area contributed by atoms with Crippen LogP contribution in [0.2, 0.25) is 0 Å². The summed E-state index contributed by atoms with van der Waals surface area (Å²) in [5.41, 5.74) is 13.2. The molecule has 2 unspecified atom stereocenters. The van der Waals surface area contributed by atoms with Gasteiger partial charge in [0, 0.05) is 0 Å². The number of fused-ring (bicyclic) bond motifs is 6. The Morgan fingerprint density at radius 1 is 0.538 bits per heavy atom. The summed E-state index contributed by atoms with van der Waals surface area (Å²) in [6, 6.07) is 26.3. The van der Waals surface area contributed by atoms with Crippen molar-refractivity contribution in [2.75, 3.05) is 0 Å². The Hall–Kier alpha value is -3.94. The molecule has 4 aliphatic carbocycles. The molecule has 4 aliphatic rings. The Bertz CT molecular complexity index is 1690. The van der Waals surface area contributed by atoms with Gasteiger partial charge in [-0.25, -0.2) is 0 Å². The maximum absolute atomic E-state index is 4.65. The van der Waals surface area contributed by atoms with Crippen LogP contribution in [-0.2, 0) is 23.2 Å². The molecule has 0 saturated heterocycles. The van der Waals surface area contributed by atoms with Gasteiger partial charge in [0.1, 0.15) is 0 Å². The zero-order chi connectivity index (χ0) is 25.8. The quantitative estimate of drug-likeness (QED) is 0.244. The number of hydrogen-bond acceptors (Lipinski definition) is 2. The third-order valence-corrected chi connectivity index (χ3v) is 12.1. The number of allylic oxidation sites excluding steroid dienone is 10. The Kier molecular flexibility index (Phi) is 5.52. The van der Waals surface area contributed by atoms with E-state index in [4.69, 9.17) is 0 Å². The van der Waals surface area contributed by atoms with Gasteiger partial charge >= 0.3 is 241 Å². The number of aromatic nitrogens is 2. The van der Waals surface area contributed by atoms with Gasteiger partial charge in [-0.1, -0.05) is 0 Å². The van der Waals surface area contributed by atoms with Crippen LogP contribution in [0.1, 0.15) is 34.1 Å². The SMILES string of the molecule is C1=CC2=[C]([Zr][C]3=C4C=CC=CC4c4ccc(-c5ccccn5)cc43)c3cc(-c4ccccn4)ccc3C2C=C1. The Balaban J connectivity index is 1.28. The standard InChI is InChI=1S/2C18H12N.Zr/c2*1-2-6-16-13(5-1)11-15-12-14(8-9-17(15)16)18-7-3-4-10-19-18;/h2*1-10,12,16H;. The van der Waals surface area contributed by atoms with Crippen LogP contribution in [0, 0.1) is 0 Å². The molecule has 0 aliphatic heterocycles. The fourth-order valence-corrected chi connectivity index (χ4v) is 10.5. The molecule has 182 valence electrons. The zero-order valence-corrected chi connectivity index (χ0v) is 23.7. The van der Waals surface area contributed by atoms with Crippen molar-refractivity contribution >= 4 is 6.56 Å². The molecule has 2 heterocycles. The van der Waals surface area contributed by atoms with Crippen molar-refractivity contribution in [3.8, 4) is 22.5 Å². The average Bonchev–Trinajstić information content (AvgIpc) is 3.50. The third-order valence-electron chi connectivity index (χ3n) is 8.12. The van der Waals surface area contributed by atoms with E-state index in [1.807, 2.05) is 24.5 Å². The van der Waals surface area contributed by atoms with E-state index in [1.54, 1.807) is 6.56 Å². The van der Waals surface area contributed by atoms with Gasteiger partial charge in [-0.3, -0.25) is 0 Å². The van der Waals surface area contributed by atoms with Crippen molar-refractivity contribution < 1.29 is 23.2 Å². The Morgan fingerprint density at radius 2 is 1.05 bits per heavy atom. The van der Waals surface area contributed by atoms with Gasteiger partial charge in [0.15, 0.2) is 0 Å². The first kappa shape index (κ1) is 23.0. The van der Waals surface area contributed by atoms with E-state index in [1.165, 1.54) is 44.5 Å². The molecule has 8 rings (SSSR count). The molecular weight excluding hydrogens is 552 g/mol. The molecule has 39 heavy (non-hydrogen) atoms. The second-order valence-corrected chi connectivity index (χ2v) is 13.3. The summed E-state index contributed by atoms with van der Waals surface area (Å²) >= 11 is -1.21. The normalized spacial score (nSPS) is 19.7. The minimum absolute atomic E-state index is 0.350. The van der Waals surface area contributed by atoms with Crippen molar-refractivity contribution in [3.63, 3.8) is 0 Å². The van der Waals surface area contributed by atoms with Crippen LogP contribution >= 0.6 is 0 Å². The van der Waals surface area contributed by atoms with Crippen LogP contribution in [0.15, 0.2) is 145 Å². The number of rotatable bonds is 4. The summed E-state index contributed by atoms with van der Waals surface area (Å²) in [6.07, 6.45) is 22.1. The fourth-order valence-electron chi connectivity index (χ4n) is 6.29. The van der Waals surface area contributed by atoms with Gasteiger partial charge < -0.3 is 0 Å². The van der Waals surface area contributed by atoms with Gasteiger partial charge in [0.25, 0.3) is 0 Å². The molecule has 0 N–H and O–H groups in total. The second-order valence-electron chi connectivity index (χ2n) is 10.3. The number of benzene rings is 2. The van der Waals surface area contributed by atoms with Gasteiger partial charge in [0.2, 0.25) is 0 Å². The first-order valence-corrected chi connectivity index (χ1v) is 15.9. The van der Waals surface area contributed by atoms with Crippen molar-refractivity contribution in [2.24, 2.45) is 0 Å². The molecule has 3 heteroatoms. The summed E-state index contributed by atoms with van der Waals surface area (Å²) in [5.74, 6) is 0.699. The van der Waals surface area contributed by atoms with Gasteiger partial charge in [-0.05, 0) is 0 Å². The van der Waals surface area contributed by atoms with E-state index in [0.29, 0.717) is 11.8 Å². The molecule has 0 fully saturated rings. The molecule has 2 aromatic heterocycles. The summed E-state index contributed by atoms with van der Waals surface area (Å²) in [4.78, 5) is 9.31. The van der Waals surface area contributed by atoms with Gasteiger partial charge in [-0.2, -0.15) is 0 Å². The molecule has 0 spiro atoms. The molecule has 0 amide bonds. The number of hydrogen-bond donors (Lipinski definition) is 0. The van der Waals surface area contributed by atoms with Crippen molar-refractivity contribution in [1.29, 1.82) is 0 Å². The first-order chi connectivity index (χ1) is 19.3. The van der Waals surface area contributed by atoms with E-state index in [0.717, 1.165) is 11.4 Å². The summed E-state index contributed by atoms with van der Waals surface area (Å²) in [6.45, 7) is 0. The van der Waals surface area contributed by atoms with Crippen LogP contribution in [0.5, 0.6) is 0 Å². The summed E-state index contributed by atoms with van der Waals surface area (Å²) in [7, 11) is 0. The van der Waals surface area contributed by atoms with E-state index >= 15 is 0 Å². The predicted octanol–water partition coefficient (Wildman–Crippen LogP) is 8.46.